The molecule has 0 aliphatic rings. The third-order valence-corrected chi connectivity index (χ3v) is 3.72. The highest BCUT2D eigenvalue weighted by molar-refractivity contribution is 5.34. The first-order chi connectivity index (χ1) is 9.61. The fraction of sp³-hybridized carbons (Fsp3) is 0.368. The van der Waals surface area contributed by atoms with E-state index in [2.05, 4.69) is 45.0 Å². The predicted octanol–water partition coefficient (Wildman–Crippen LogP) is 4.84. The van der Waals surface area contributed by atoms with Crippen LogP contribution in [0.3, 0.4) is 0 Å². The van der Waals surface area contributed by atoms with Gasteiger partial charge in [-0.05, 0) is 34.6 Å². The van der Waals surface area contributed by atoms with Crippen molar-refractivity contribution in [1.82, 2.24) is 0 Å². The van der Waals surface area contributed by atoms with Gasteiger partial charge in [0.05, 0.1) is 0 Å². The van der Waals surface area contributed by atoms with Gasteiger partial charge in [-0.1, -0.05) is 75.7 Å². The van der Waals surface area contributed by atoms with Gasteiger partial charge < -0.3 is 5.11 Å². The summed E-state index contributed by atoms with van der Waals surface area (Å²) in [7, 11) is 0. The van der Waals surface area contributed by atoms with Crippen LogP contribution >= 0.6 is 0 Å². The quantitative estimate of drug-likeness (QED) is 0.822. The first kappa shape index (κ1) is 14.8. The molecule has 0 saturated carbocycles. The molecule has 20 heavy (non-hydrogen) atoms. The molecule has 1 atom stereocenters. The van der Waals surface area contributed by atoms with E-state index in [1.54, 1.807) is 0 Å². The van der Waals surface area contributed by atoms with Crippen LogP contribution in [0.5, 0.6) is 0 Å². The molecule has 0 amide bonds. The van der Waals surface area contributed by atoms with E-state index in [9.17, 15) is 5.11 Å². The van der Waals surface area contributed by atoms with Crippen molar-refractivity contribution in [3.63, 3.8) is 0 Å². The normalized spacial score (nSPS) is 12.7. The molecule has 0 aromatic heterocycles. The summed E-state index contributed by atoms with van der Waals surface area (Å²) in [4.78, 5) is 0. The van der Waals surface area contributed by atoms with Crippen molar-refractivity contribution in [2.75, 3.05) is 0 Å². The van der Waals surface area contributed by atoms with E-state index in [0.29, 0.717) is 5.92 Å². The third-order valence-electron chi connectivity index (χ3n) is 3.72. The number of benzene rings is 2. The Hall–Kier alpha value is -1.60. The maximum absolute atomic E-state index is 10.5. The van der Waals surface area contributed by atoms with Crippen LogP contribution in [0.1, 0.15) is 61.5 Å². The fourth-order valence-corrected chi connectivity index (χ4v) is 2.46. The highest BCUT2D eigenvalue weighted by atomic mass is 16.3. The maximum atomic E-state index is 10.5. The molecule has 0 bridgehead atoms. The summed E-state index contributed by atoms with van der Waals surface area (Å²) in [5, 5.41) is 10.5. The van der Waals surface area contributed by atoms with Crippen LogP contribution in [0.4, 0.5) is 0 Å². The van der Waals surface area contributed by atoms with E-state index in [1.807, 2.05) is 24.3 Å². The lowest BCUT2D eigenvalue weighted by Gasteiger charge is -2.14. The zero-order valence-electron chi connectivity index (χ0n) is 12.6. The summed E-state index contributed by atoms with van der Waals surface area (Å²) in [6.07, 6.45) is 1.66. The first-order valence-electron chi connectivity index (χ1n) is 7.48. The average Bonchev–Trinajstić information content (AvgIpc) is 2.47. The number of hydrogen-bond donors (Lipinski definition) is 1. The summed E-state index contributed by atoms with van der Waals surface area (Å²) >= 11 is 0. The number of aliphatic hydroxyl groups excluding tert-OH is 1. The molecule has 0 saturated heterocycles. The number of rotatable bonds is 5. The van der Waals surface area contributed by atoms with Gasteiger partial charge in [0, 0.05) is 0 Å². The average molecular weight is 268 g/mol. The minimum atomic E-state index is -0.534. The smallest absolute Gasteiger partial charge is 0.104 e. The van der Waals surface area contributed by atoms with Crippen molar-refractivity contribution in [3.8, 4) is 0 Å². The Labute approximate surface area is 122 Å². The third kappa shape index (κ3) is 3.49. The summed E-state index contributed by atoms with van der Waals surface area (Å²) < 4.78 is 0. The molecule has 1 N–H and O–H groups in total. The molecule has 2 aromatic carbocycles. The van der Waals surface area contributed by atoms with Gasteiger partial charge in [-0.2, -0.15) is 0 Å². The molecular formula is C19H24O. The topological polar surface area (TPSA) is 20.2 Å². The summed E-state index contributed by atoms with van der Waals surface area (Å²) in [6, 6.07) is 16.6. The first-order valence-corrected chi connectivity index (χ1v) is 7.48. The highest BCUT2D eigenvalue weighted by Gasteiger charge is 2.11. The van der Waals surface area contributed by atoms with Crippen molar-refractivity contribution < 1.29 is 5.11 Å². The second kappa shape index (κ2) is 6.71. The van der Waals surface area contributed by atoms with Crippen LogP contribution in [-0.2, 0) is 6.42 Å². The van der Waals surface area contributed by atoms with Gasteiger partial charge in [-0.25, -0.2) is 0 Å². The summed E-state index contributed by atoms with van der Waals surface area (Å²) in [5.74, 6) is 0.522. The maximum Gasteiger partial charge on any atom is 0.104 e. The Bertz CT molecular complexity index is 540. The molecule has 0 fully saturated rings. The molecule has 106 valence electrons. The molecule has 2 rings (SSSR count). The van der Waals surface area contributed by atoms with Crippen LogP contribution in [0.2, 0.25) is 0 Å². The lowest BCUT2D eigenvalue weighted by molar-refractivity contribution is 0.220. The molecule has 0 aliphatic heterocycles. The molecule has 1 heteroatoms. The second-order valence-corrected chi connectivity index (χ2v) is 5.72. The lowest BCUT2D eigenvalue weighted by Crippen LogP contribution is -2.01. The molecule has 1 nitrogen and oxygen atoms in total. The van der Waals surface area contributed by atoms with Crippen LogP contribution in [0, 0.1) is 0 Å². The monoisotopic (exact) mass is 268 g/mol. The van der Waals surface area contributed by atoms with E-state index < -0.39 is 6.10 Å². The van der Waals surface area contributed by atoms with Gasteiger partial charge in [-0.15, -0.1) is 0 Å². The van der Waals surface area contributed by atoms with E-state index in [1.165, 1.54) is 11.1 Å². The van der Waals surface area contributed by atoms with Gasteiger partial charge in [-0.3, -0.25) is 0 Å². The molecule has 0 spiro atoms. The van der Waals surface area contributed by atoms with Crippen molar-refractivity contribution in [1.29, 1.82) is 0 Å². The molecule has 0 heterocycles. The van der Waals surface area contributed by atoms with Crippen LogP contribution in [0.25, 0.3) is 0 Å². The summed E-state index contributed by atoms with van der Waals surface area (Å²) in [6.45, 7) is 6.53. The molecule has 2 aromatic rings. The van der Waals surface area contributed by atoms with E-state index in [0.717, 1.165) is 24.0 Å². The molecule has 0 radical (unpaired) electrons. The SMILES string of the molecule is CCCc1cccc(C(O)c2ccc(C(C)C)cc2)c1. The second-order valence-electron chi connectivity index (χ2n) is 5.72. The molecule has 1 unspecified atom stereocenters. The Morgan fingerprint density at radius 2 is 1.55 bits per heavy atom. The number of aliphatic hydroxyl groups is 1. The van der Waals surface area contributed by atoms with Crippen molar-refractivity contribution in [2.45, 2.75) is 45.6 Å². The highest BCUT2D eigenvalue weighted by Crippen LogP contribution is 2.25. The largest absolute Gasteiger partial charge is 0.384 e. The van der Waals surface area contributed by atoms with Gasteiger partial charge in [0.25, 0.3) is 0 Å². The van der Waals surface area contributed by atoms with Crippen LogP contribution < -0.4 is 0 Å². The van der Waals surface area contributed by atoms with E-state index >= 15 is 0 Å². The van der Waals surface area contributed by atoms with Crippen LogP contribution in [-0.4, -0.2) is 5.11 Å². The zero-order valence-corrected chi connectivity index (χ0v) is 12.6. The Balaban J connectivity index is 2.21. The Kier molecular flexibility index (Phi) is 4.97. The standard InChI is InChI=1S/C19H24O/c1-4-6-15-7-5-8-18(13-15)19(20)17-11-9-16(10-12-17)14(2)3/h5,7-14,19-20H,4,6H2,1-3H3. The fourth-order valence-electron chi connectivity index (χ4n) is 2.46. The lowest BCUT2D eigenvalue weighted by atomic mass is 9.96. The van der Waals surface area contributed by atoms with E-state index in [-0.39, 0.29) is 0 Å². The zero-order chi connectivity index (χ0) is 14.5. The van der Waals surface area contributed by atoms with Gasteiger partial charge >= 0.3 is 0 Å². The Morgan fingerprint density at radius 3 is 2.15 bits per heavy atom. The van der Waals surface area contributed by atoms with E-state index in [4.69, 9.17) is 0 Å². The minimum Gasteiger partial charge on any atom is -0.384 e. The Morgan fingerprint density at radius 1 is 0.900 bits per heavy atom. The number of aryl methyl sites for hydroxylation is 1. The van der Waals surface area contributed by atoms with Crippen molar-refractivity contribution in [3.05, 3.63) is 70.8 Å². The predicted molar refractivity (Wildman–Crippen MR) is 85.0 cm³/mol. The molecule has 0 aliphatic carbocycles. The summed E-state index contributed by atoms with van der Waals surface area (Å²) in [5.41, 5.74) is 4.54. The van der Waals surface area contributed by atoms with Gasteiger partial charge in [0.1, 0.15) is 6.10 Å². The molecular weight excluding hydrogens is 244 g/mol. The van der Waals surface area contributed by atoms with Gasteiger partial charge in [0.15, 0.2) is 0 Å². The van der Waals surface area contributed by atoms with Crippen LogP contribution in [0.15, 0.2) is 48.5 Å². The van der Waals surface area contributed by atoms with Gasteiger partial charge in [0.2, 0.25) is 0 Å². The minimum absolute atomic E-state index is 0.522. The van der Waals surface area contributed by atoms with Crippen molar-refractivity contribution in [2.24, 2.45) is 0 Å². The number of hydrogen-bond acceptors (Lipinski definition) is 1. The van der Waals surface area contributed by atoms with Crippen molar-refractivity contribution >= 4 is 0 Å².